The lowest BCUT2D eigenvalue weighted by Gasteiger charge is -2.08. The number of H-pyrrole nitrogens is 1. The van der Waals surface area contributed by atoms with E-state index in [1.54, 1.807) is 24.3 Å². The van der Waals surface area contributed by atoms with Crippen molar-refractivity contribution in [3.63, 3.8) is 0 Å². The van der Waals surface area contributed by atoms with Crippen LogP contribution in [0.3, 0.4) is 0 Å². The second kappa shape index (κ2) is 6.38. The Morgan fingerprint density at radius 2 is 2.00 bits per heavy atom. The zero-order chi connectivity index (χ0) is 14.4. The third kappa shape index (κ3) is 3.36. The Kier molecular flexibility index (Phi) is 4.35. The molecule has 0 fully saturated rings. The molecule has 1 aromatic heterocycles. The number of aromatic nitrogens is 2. The molecule has 20 heavy (non-hydrogen) atoms. The van der Waals surface area contributed by atoms with Crippen molar-refractivity contribution < 1.29 is 4.74 Å². The number of nitriles is 1. The van der Waals surface area contributed by atoms with E-state index >= 15 is 0 Å². The molecule has 1 aromatic carbocycles. The number of para-hydroxylation sites is 1. The van der Waals surface area contributed by atoms with E-state index in [2.05, 4.69) is 5.10 Å². The van der Waals surface area contributed by atoms with Gasteiger partial charge in [0.1, 0.15) is 11.8 Å². The van der Waals surface area contributed by atoms with Crippen LogP contribution in [0.4, 0.5) is 0 Å². The van der Waals surface area contributed by atoms with Crippen molar-refractivity contribution >= 4 is 0 Å². The van der Waals surface area contributed by atoms with Gasteiger partial charge in [0, 0.05) is 25.1 Å². The molecule has 1 heterocycles. The van der Waals surface area contributed by atoms with Crippen LogP contribution in [0, 0.1) is 11.3 Å². The van der Waals surface area contributed by atoms with Crippen LogP contribution < -0.4 is 15.9 Å². The molecule has 0 saturated carbocycles. The fourth-order valence-corrected chi connectivity index (χ4v) is 1.72. The van der Waals surface area contributed by atoms with Gasteiger partial charge >= 0.3 is 0 Å². The number of aryl methyl sites for hydroxylation is 1. The molecular formula is C14H13N3O3. The summed E-state index contributed by atoms with van der Waals surface area (Å²) < 4.78 is 6.73. The van der Waals surface area contributed by atoms with E-state index < -0.39 is 0 Å². The summed E-state index contributed by atoms with van der Waals surface area (Å²) in [6.45, 7) is 0.700. The summed E-state index contributed by atoms with van der Waals surface area (Å²) in [7, 11) is 0. The topological polar surface area (TPSA) is 87.9 Å². The number of hydrogen-bond acceptors (Lipinski definition) is 4. The van der Waals surface area contributed by atoms with E-state index in [0.29, 0.717) is 30.9 Å². The van der Waals surface area contributed by atoms with Gasteiger partial charge in [0.2, 0.25) is 0 Å². The molecule has 0 aliphatic carbocycles. The van der Waals surface area contributed by atoms with Crippen LogP contribution in [0.15, 0.2) is 46.0 Å². The maximum Gasteiger partial charge on any atom is 0.265 e. The molecule has 0 aliphatic heterocycles. The lowest BCUT2D eigenvalue weighted by molar-refractivity contribution is 0.296. The minimum atomic E-state index is -0.319. The van der Waals surface area contributed by atoms with Gasteiger partial charge in [-0.1, -0.05) is 12.1 Å². The summed E-state index contributed by atoms with van der Waals surface area (Å²) in [5.41, 5.74) is -0.111. The standard InChI is InChI=1S/C14H13N3O3/c15-10-11-4-1-2-5-12(11)20-9-3-8-17-14(19)7-6-13(18)16-17/h1-2,4-7H,3,8-9H2,(H,16,18). The van der Waals surface area contributed by atoms with Crippen LogP contribution in [-0.4, -0.2) is 16.4 Å². The molecule has 0 radical (unpaired) electrons. The highest BCUT2D eigenvalue weighted by molar-refractivity contribution is 5.42. The van der Waals surface area contributed by atoms with E-state index in [1.165, 1.54) is 16.8 Å². The van der Waals surface area contributed by atoms with Gasteiger partial charge in [-0.3, -0.25) is 19.4 Å². The molecule has 2 rings (SSSR count). The quantitative estimate of drug-likeness (QED) is 0.817. The van der Waals surface area contributed by atoms with E-state index in [4.69, 9.17) is 10.00 Å². The molecule has 0 spiro atoms. The lowest BCUT2D eigenvalue weighted by Crippen LogP contribution is -2.28. The minimum Gasteiger partial charge on any atom is -0.492 e. The van der Waals surface area contributed by atoms with E-state index in [-0.39, 0.29) is 11.1 Å². The molecule has 2 aromatic rings. The van der Waals surface area contributed by atoms with Gasteiger partial charge in [0.15, 0.2) is 0 Å². The molecule has 0 atom stereocenters. The fourth-order valence-electron chi connectivity index (χ4n) is 1.72. The Balaban J connectivity index is 1.91. The summed E-state index contributed by atoms with van der Waals surface area (Å²) in [5.74, 6) is 0.518. The highest BCUT2D eigenvalue weighted by atomic mass is 16.5. The Bertz CT molecular complexity index is 740. The van der Waals surface area contributed by atoms with Crippen molar-refractivity contribution in [2.45, 2.75) is 13.0 Å². The number of rotatable bonds is 5. The van der Waals surface area contributed by atoms with Gasteiger partial charge in [0.25, 0.3) is 11.1 Å². The van der Waals surface area contributed by atoms with Crippen LogP contribution >= 0.6 is 0 Å². The van der Waals surface area contributed by atoms with Crippen molar-refractivity contribution in [2.24, 2.45) is 0 Å². The first-order chi connectivity index (χ1) is 9.70. The van der Waals surface area contributed by atoms with E-state index in [1.807, 2.05) is 6.07 Å². The summed E-state index contributed by atoms with van der Waals surface area (Å²) in [6.07, 6.45) is 0.541. The van der Waals surface area contributed by atoms with Crippen LogP contribution in [0.1, 0.15) is 12.0 Å². The van der Waals surface area contributed by atoms with Gasteiger partial charge in [-0.25, -0.2) is 0 Å². The van der Waals surface area contributed by atoms with Crippen LogP contribution in [-0.2, 0) is 6.54 Å². The molecule has 0 amide bonds. The number of ether oxygens (including phenoxy) is 1. The average Bonchev–Trinajstić information content (AvgIpc) is 2.47. The lowest BCUT2D eigenvalue weighted by atomic mass is 10.2. The van der Waals surface area contributed by atoms with Crippen molar-refractivity contribution in [1.82, 2.24) is 9.78 Å². The van der Waals surface area contributed by atoms with Gasteiger partial charge in [-0.05, 0) is 12.1 Å². The smallest absolute Gasteiger partial charge is 0.265 e. The molecule has 0 aliphatic rings. The maximum absolute atomic E-state index is 11.4. The summed E-state index contributed by atoms with van der Waals surface area (Å²) in [6, 6.07) is 11.4. The SMILES string of the molecule is N#Cc1ccccc1OCCCn1[nH]c(=O)ccc1=O. The predicted molar refractivity (Wildman–Crippen MR) is 72.6 cm³/mol. The summed E-state index contributed by atoms with van der Waals surface area (Å²) in [5, 5.41) is 11.3. The third-order valence-electron chi connectivity index (χ3n) is 2.68. The van der Waals surface area contributed by atoms with E-state index in [9.17, 15) is 9.59 Å². The molecule has 6 heteroatoms. The number of hydrogen-bond donors (Lipinski definition) is 1. The van der Waals surface area contributed by atoms with Crippen molar-refractivity contribution in [2.75, 3.05) is 6.61 Å². The fraction of sp³-hybridized carbons (Fsp3) is 0.214. The molecule has 0 saturated heterocycles. The van der Waals surface area contributed by atoms with Gasteiger partial charge in [-0.2, -0.15) is 5.26 Å². The number of nitrogens with one attached hydrogen (secondary N) is 1. The monoisotopic (exact) mass is 271 g/mol. The highest BCUT2D eigenvalue weighted by Crippen LogP contribution is 2.16. The zero-order valence-electron chi connectivity index (χ0n) is 10.7. The van der Waals surface area contributed by atoms with E-state index in [0.717, 1.165) is 0 Å². The molecule has 1 N–H and O–H groups in total. The normalized spacial score (nSPS) is 9.95. The first-order valence-corrected chi connectivity index (χ1v) is 6.13. The Morgan fingerprint density at radius 1 is 1.20 bits per heavy atom. The Hall–Kier alpha value is -2.81. The second-order valence-electron chi connectivity index (χ2n) is 4.11. The number of aromatic amines is 1. The summed E-state index contributed by atoms with van der Waals surface area (Å²) >= 11 is 0. The molecule has 6 nitrogen and oxygen atoms in total. The van der Waals surface area contributed by atoms with Crippen LogP contribution in [0.25, 0.3) is 0 Å². The molecule has 0 bridgehead atoms. The number of nitrogens with zero attached hydrogens (tertiary/aromatic N) is 2. The molecule has 0 unspecified atom stereocenters. The predicted octanol–water partition coefficient (Wildman–Crippen LogP) is 0.877. The van der Waals surface area contributed by atoms with Crippen LogP contribution in [0.5, 0.6) is 5.75 Å². The van der Waals surface area contributed by atoms with Gasteiger partial charge < -0.3 is 4.74 Å². The zero-order valence-corrected chi connectivity index (χ0v) is 10.7. The van der Waals surface area contributed by atoms with Gasteiger partial charge in [0.05, 0.1) is 12.2 Å². The van der Waals surface area contributed by atoms with Crippen LogP contribution in [0.2, 0.25) is 0 Å². The first kappa shape index (κ1) is 13.6. The van der Waals surface area contributed by atoms with Crippen molar-refractivity contribution in [3.8, 4) is 11.8 Å². The molecular weight excluding hydrogens is 258 g/mol. The van der Waals surface area contributed by atoms with Crippen molar-refractivity contribution in [3.05, 3.63) is 62.7 Å². The minimum absolute atomic E-state index is 0.262. The second-order valence-corrected chi connectivity index (χ2v) is 4.11. The number of benzene rings is 1. The largest absolute Gasteiger partial charge is 0.492 e. The van der Waals surface area contributed by atoms with Gasteiger partial charge in [-0.15, -0.1) is 0 Å². The molecule has 102 valence electrons. The Morgan fingerprint density at radius 3 is 2.80 bits per heavy atom. The van der Waals surface area contributed by atoms with Crippen molar-refractivity contribution in [1.29, 1.82) is 5.26 Å². The first-order valence-electron chi connectivity index (χ1n) is 6.13. The summed E-state index contributed by atoms with van der Waals surface area (Å²) in [4.78, 5) is 22.5. The Labute approximate surface area is 114 Å². The average molecular weight is 271 g/mol. The highest BCUT2D eigenvalue weighted by Gasteiger charge is 2.02. The third-order valence-corrected chi connectivity index (χ3v) is 2.68. The maximum atomic E-state index is 11.4.